The maximum Gasteiger partial charge on any atom is 0.317 e. The van der Waals surface area contributed by atoms with Crippen LogP contribution in [0, 0.1) is 5.41 Å². The Balaban J connectivity index is 2.51. The van der Waals surface area contributed by atoms with Crippen molar-refractivity contribution in [3.05, 3.63) is 0 Å². The van der Waals surface area contributed by atoms with Gasteiger partial charge in [-0.1, -0.05) is 33.6 Å². The summed E-state index contributed by atoms with van der Waals surface area (Å²) in [5, 5.41) is 3.16. The number of hydrogen-bond acceptors (Lipinski definition) is 2. The number of nitrogens with one attached hydrogen (secondary N) is 1. The van der Waals surface area contributed by atoms with Crippen LogP contribution >= 0.6 is 0 Å². The zero-order valence-electron chi connectivity index (χ0n) is 12.2. The van der Waals surface area contributed by atoms with Crippen molar-refractivity contribution in [2.45, 2.75) is 58.9 Å². The van der Waals surface area contributed by atoms with Gasteiger partial charge in [-0.05, 0) is 31.2 Å². The monoisotopic (exact) mass is 255 g/mol. The van der Waals surface area contributed by atoms with Crippen LogP contribution in [0.2, 0.25) is 0 Å². The molecule has 4 heteroatoms. The number of rotatable bonds is 6. The molecule has 0 aliphatic heterocycles. The molecule has 0 unspecified atom stereocenters. The van der Waals surface area contributed by atoms with Gasteiger partial charge in [0.25, 0.3) is 0 Å². The van der Waals surface area contributed by atoms with Gasteiger partial charge >= 0.3 is 6.03 Å². The molecular weight excluding hydrogens is 226 g/mol. The van der Waals surface area contributed by atoms with E-state index < -0.39 is 0 Å². The highest BCUT2D eigenvalue weighted by Gasteiger charge is 2.25. The van der Waals surface area contributed by atoms with Crippen LogP contribution in [0.3, 0.4) is 0 Å². The molecule has 1 rings (SSSR count). The van der Waals surface area contributed by atoms with Gasteiger partial charge < -0.3 is 16.0 Å². The van der Waals surface area contributed by atoms with Crippen molar-refractivity contribution in [1.29, 1.82) is 0 Å². The number of nitrogens with zero attached hydrogens (tertiary/aromatic N) is 1. The Bertz CT molecular complexity index is 260. The smallest absolute Gasteiger partial charge is 0.317 e. The number of carbonyl (C=O) groups is 1. The lowest BCUT2D eigenvalue weighted by Crippen LogP contribution is -2.49. The summed E-state index contributed by atoms with van der Waals surface area (Å²) in [5.74, 6) is 0. The zero-order valence-corrected chi connectivity index (χ0v) is 12.2. The van der Waals surface area contributed by atoms with Gasteiger partial charge in [0.05, 0.1) is 0 Å². The fraction of sp³-hybridized carbons (Fsp3) is 0.929. The van der Waals surface area contributed by atoms with Crippen LogP contribution in [0.1, 0.15) is 52.9 Å². The summed E-state index contributed by atoms with van der Waals surface area (Å²) < 4.78 is 0. The van der Waals surface area contributed by atoms with E-state index in [-0.39, 0.29) is 11.4 Å². The predicted octanol–water partition coefficient (Wildman–Crippen LogP) is 2.34. The van der Waals surface area contributed by atoms with Gasteiger partial charge in [-0.2, -0.15) is 0 Å². The second-order valence-electron chi connectivity index (χ2n) is 6.22. The van der Waals surface area contributed by atoms with Crippen molar-refractivity contribution < 1.29 is 4.79 Å². The molecule has 4 nitrogen and oxygen atoms in total. The molecule has 0 saturated heterocycles. The van der Waals surface area contributed by atoms with Crippen LogP contribution in [0.4, 0.5) is 4.79 Å². The first-order valence-electron chi connectivity index (χ1n) is 7.24. The minimum atomic E-state index is -0.0117. The molecule has 0 atom stereocenters. The van der Waals surface area contributed by atoms with Gasteiger partial charge in [0, 0.05) is 19.1 Å². The number of nitrogens with two attached hydrogens (primary N) is 1. The average Bonchev–Trinajstić information content (AvgIpc) is 2.81. The molecule has 1 saturated carbocycles. The fourth-order valence-corrected chi connectivity index (χ4v) is 2.44. The molecule has 3 N–H and O–H groups in total. The van der Waals surface area contributed by atoms with E-state index in [1.54, 1.807) is 0 Å². The largest absolute Gasteiger partial charge is 0.335 e. The van der Waals surface area contributed by atoms with Crippen LogP contribution < -0.4 is 11.1 Å². The van der Waals surface area contributed by atoms with E-state index in [1.165, 1.54) is 12.8 Å². The summed E-state index contributed by atoms with van der Waals surface area (Å²) in [6, 6.07) is 0.475. The van der Waals surface area contributed by atoms with Crippen molar-refractivity contribution in [1.82, 2.24) is 10.2 Å². The zero-order chi connectivity index (χ0) is 13.6. The normalized spacial score (nSPS) is 16.9. The highest BCUT2D eigenvalue weighted by atomic mass is 16.2. The van der Waals surface area contributed by atoms with Crippen molar-refractivity contribution >= 4 is 6.03 Å². The maximum atomic E-state index is 12.3. The molecule has 1 aliphatic rings. The molecule has 2 amide bonds. The van der Waals surface area contributed by atoms with Gasteiger partial charge in [-0.3, -0.25) is 0 Å². The van der Waals surface area contributed by atoms with Gasteiger partial charge in [0.15, 0.2) is 0 Å². The fourth-order valence-electron chi connectivity index (χ4n) is 2.44. The number of hydrogen-bond donors (Lipinski definition) is 2. The van der Waals surface area contributed by atoms with E-state index in [1.807, 2.05) is 4.90 Å². The summed E-state index contributed by atoms with van der Waals surface area (Å²) in [5.41, 5.74) is 5.74. The molecule has 0 radical (unpaired) electrons. The molecule has 0 heterocycles. The number of amides is 2. The quantitative estimate of drug-likeness (QED) is 0.765. The summed E-state index contributed by atoms with van der Waals surface area (Å²) in [6.45, 7) is 8.46. The predicted molar refractivity (Wildman–Crippen MR) is 75.5 cm³/mol. The van der Waals surface area contributed by atoms with E-state index >= 15 is 0 Å². The van der Waals surface area contributed by atoms with Crippen molar-refractivity contribution in [3.63, 3.8) is 0 Å². The molecule has 0 aromatic rings. The topological polar surface area (TPSA) is 58.4 Å². The van der Waals surface area contributed by atoms with Crippen molar-refractivity contribution in [2.24, 2.45) is 11.1 Å². The molecule has 18 heavy (non-hydrogen) atoms. The van der Waals surface area contributed by atoms with Crippen molar-refractivity contribution in [3.8, 4) is 0 Å². The van der Waals surface area contributed by atoms with Crippen molar-refractivity contribution in [2.75, 3.05) is 19.6 Å². The van der Waals surface area contributed by atoms with Gasteiger partial charge in [0.2, 0.25) is 0 Å². The second-order valence-corrected chi connectivity index (χ2v) is 6.22. The molecule has 0 bridgehead atoms. The van der Waals surface area contributed by atoms with E-state index in [9.17, 15) is 4.79 Å². The maximum absolute atomic E-state index is 12.3. The first kappa shape index (κ1) is 15.3. The standard InChI is InChI=1S/C14H29N3O/c1-4-9-17(11-14(2,3)10-15)13(18)16-12-7-5-6-8-12/h12H,4-11,15H2,1-3H3,(H,16,18). The molecule has 0 spiro atoms. The Labute approximate surface area is 111 Å². The minimum absolute atomic E-state index is 0.0117. The summed E-state index contributed by atoms with van der Waals surface area (Å²) in [4.78, 5) is 14.2. The Morgan fingerprint density at radius 3 is 2.50 bits per heavy atom. The third kappa shape index (κ3) is 4.84. The SMILES string of the molecule is CCCN(CC(C)(C)CN)C(=O)NC1CCCC1. The number of carbonyl (C=O) groups excluding carboxylic acids is 1. The number of urea groups is 1. The molecule has 106 valence electrons. The van der Waals surface area contributed by atoms with Crippen LogP contribution in [-0.4, -0.2) is 36.6 Å². The van der Waals surface area contributed by atoms with E-state index in [0.29, 0.717) is 12.6 Å². The highest BCUT2D eigenvalue weighted by Crippen LogP contribution is 2.19. The van der Waals surface area contributed by atoms with E-state index in [4.69, 9.17) is 5.73 Å². The Morgan fingerprint density at radius 1 is 1.39 bits per heavy atom. The second kappa shape index (κ2) is 6.98. The minimum Gasteiger partial charge on any atom is -0.335 e. The summed E-state index contributed by atoms with van der Waals surface area (Å²) >= 11 is 0. The summed E-state index contributed by atoms with van der Waals surface area (Å²) in [7, 11) is 0. The van der Waals surface area contributed by atoms with Gasteiger partial charge in [0.1, 0.15) is 0 Å². The molecule has 1 aliphatic carbocycles. The van der Waals surface area contributed by atoms with Crippen LogP contribution in [0.5, 0.6) is 0 Å². The third-order valence-corrected chi connectivity index (χ3v) is 3.63. The van der Waals surface area contributed by atoms with Gasteiger partial charge in [-0.25, -0.2) is 4.79 Å². The van der Waals surface area contributed by atoms with Crippen LogP contribution in [0.15, 0.2) is 0 Å². The van der Waals surface area contributed by atoms with Crippen LogP contribution in [-0.2, 0) is 0 Å². The summed E-state index contributed by atoms with van der Waals surface area (Å²) in [6.07, 6.45) is 5.73. The Hall–Kier alpha value is -0.770. The lowest BCUT2D eigenvalue weighted by molar-refractivity contribution is 0.166. The van der Waals surface area contributed by atoms with Crippen LogP contribution in [0.25, 0.3) is 0 Å². The lowest BCUT2D eigenvalue weighted by Gasteiger charge is -2.32. The first-order chi connectivity index (χ1) is 8.48. The average molecular weight is 255 g/mol. The molecular formula is C14H29N3O. The molecule has 1 fully saturated rings. The van der Waals surface area contributed by atoms with E-state index in [0.717, 1.165) is 32.4 Å². The molecule has 0 aromatic carbocycles. The highest BCUT2D eigenvalue weighted by molar-refractivity contribution is 5.74. The Kier molecular flexibility index (Phi) is 5.93. The third-order valence-electron chi connectivity index (χ3n) is 3.63. The van der Waals surface area contributed by atoms with E-state index in [2.05, 4.69) is 26.1 Å². The Morgan fingerprint density at radius 2 is 2.00 bits per heavy atom. The molecule has 0 aromatic heterocycles. The lowest BCUT2D eigenvalue weighted by atomic mass is 9.93. The van der Waals surface area contributed by atoms with Gasteiger partial charge in [-0.15, -0.1) is 0 Å². The first-order valence-corrected chi connectivity index (χ1v) is 7.24.